The Kier molecular flexibility index (Phi) is 4.69. The van der Waals surface area contributed by atoms with E-state index >= 15 is 0 Å². The van der Waals surface area contributed by atoms with E-state index in [2.05, 4.69) is 41.2 Å². The van der Waals surface area contributed by atoms with Crippen LogP contribution in [0.5, 0.6) is 0 Å². The summed E-state index contributed by atoms with van der Waals surface area (Å²) in [6.45, 7) is 8.38. The predicted molar refractivity (Wildman–Crippen MR) is 72.1 cm³/mol. The topological polar surface area (TPSA) is 67.1 Å². The molecule has 0 bridgehead atoms. The maximum atomic E-state index is 5.49. The van der Waals surface area contributed by atoms with Crippen LogP contribution < -0.4 is 16.2 Å². The minimum atomic E-state index is 0.443. The fourth-order valence-corrected chi connectivity index (χ4v) is 1.67. The molecule has 1 unspecified atom stereocenters. The third-order valence-electron chi connectivity index (χ3n) is 3.21. The van der Waals surface area contributed by atoms with Crippen molar-refractivity contribution in [1.82, 2.24) is 9.97 Å². The summed E-state index contributed by atoms with van der Waals surface area (Å²) in [6.07, 6.45) is 1.88. The van der Waals surface area contributed by atoms with E-state index in [9.17, 15) is 0 Å². The second kappa shape index (κ2) is 5.82. The van der Waals surface area contributed by atoms with Crippen molar-refractivity contribution in [2.75, 3.05) is 17.4 Å². The summed E-state index contributed by atoms with van der Waals surface area (Å²) in [7, 11) is 2.06. The molecule has 17 heavy (non-hydrogen) atoms. The molecule has 0 radical (unpaired) electrons. The van der Waals surface area contributed by atoms with Gasteiger partial charge in [-0.15, -0.1) is 0 Å². The van der Waals surface area contributed by atoms with Crippen molar-refractivity contribution in [2.45, 2.75) is 46.6 Å². The molecule has 0 saturated heterocycles. The Balaban J connectivity index is 3.21. The first-order valence-electron chi connectivity index (χ1n) is 6.12. The van der Waals surface area contributed by atoms with Crippen molar-refractivity contribution in [1.29, 1.82) is 0 Å². The lowest BCUT2D eigenvalue weighted by Gasteiger charge is -2.27. The molecular weight excluding hydrogens is 214 g/mol. The molecule has 1 rings (SSSR count). The predicted octanol–water partition coefficient (Wildman–Crippen LogP) is 1.87. The summed E-state index contributed by atoms with van der Waals surface area (Å²) in [5, 5.41) is 0. The van der Waals surface area contributed by atoms with Crippen LogP contribution in [0.1, 0.15) is 38.6 Å². The Morgan fingerprint density at radius 3 is 2.47 bits per heavy atom. The van der Waals surface area contributed by atoms with Gasteiger partial charge in [-0.1, -0.05) is 13.8 Å². The molecule has 0 spiro atoms. The van der Waals surface area contributed by atoms with Crippen LogP contribution in [0.15, 0.2) is 0 Å². The summed E-state index contributed by atoms with van der Waals surface area (Å²) >= 11 is 0. The monoisotopic (exact) mass is 237 g/mol. The van der Waals surface area contributed by atoms with E-state index in [0.29, 0.717) is 11.9 Å². The van der Waals surface area contributed by atoms with Crippen LogP contribution in [0.3, 0.4) is 0 Å². The molecule has 1 aromatic heterocycles. The number of rotatable bonds is 5. The highest BCUT2D eigenvalue weighted by molar-refractivity contribution is 5.58. The molecule has 1 heterocycles. The van der Waals surface area contributed by atoms with E-state index < -0.39 is 0 Å². The zero-order valence-corrected chi connectivity index (χ0v) is 11.4. The molecule has 5 nitrogen and oxygen atoms in total. The third-order valence-corrected chi connectivity index (χ3v) is 3.21. The van der Waals surface area contributed by atoms with E-state index in [1.807, 2.05) is 13.8 Å². The summed E-state index contributed by atoms with van der Waals surface area (Å²) in [4.78, 5) is 11.1. The molecule has 0 aromatic carbocycles. The van der Waals surface area contributed by atoms with Crippen LogP contribution in [0.2, 0.25) is 0 Å². The second-order valence-electron chi connectivity index (χ2n) is 4.30. The van der Waals surface area contributed by atoms with E-state index in [1.165, 1.54) is 0 Å². The van der Waals surface area contributed by atoms with E-state index in [1.54, 1.807) is 0 Å². The van der Waals surface area contributed by atoms with Crippen LogP contribution in [0, 0.1) is 6.92 Å². The molecule has 0 fully saturated rings. The van der Waals surface area contributed by atoms with Crippen LogP contribution in [-0.4, -0.2) is 23.1 Å². The maximum absolute atomic E-state index is 5.49. The molecule has 0 aliphatic heterocycles. The summed E-state index contributed by atoms with van der Waals surface area (Å²) in [5.74, 6) is 7.97. The van der Waals surface area contributed by atoms with Crippen LogP contribution >= 0.6 is 0 Å². The summed E-state index contributed by atoms with van der Waals surface area (Å²) in [6, 6.07) is 0.443. The van der Waals surface area contributed by atoms with E-state index in [0.717, 1.165) is 30.0 Å². The van der Waals surface area contributed by atoms with Gasteiger partial charge in [-0.25, -0.2) is 15.8 Å². The van der Waals surface area contributed by atoms with Gasteiger partial charge in [0, 0.05) is 25.1 Å². The Morgan fingerprint density at radius 1 is 1.35 bits per heavy atom. The zero-order valence-electron chi connectivity index (χ0n) is 11.4. The Hall–Kier alpha value is -1.36. The van der Waals surface area contributed by atoms with Gasteiger partial charge in [-0.05, 0) is 20.3 Å². The summed E-state index contributed by atoms with van der Waals surface area (Å²) in [5.41, 5.74) is 3.64. The Morgan fingerprint density at radius 2 is 2.00 bits per heavy atom. The first-order chi connectivity index (χ1) is 8.04. The minimum Gasteiger partial charge on any atom is -0.357 e. The SMILES string of the molecule is CCc1nc(NN)c(C)c(N(C)C(C)CC)n1. The highest BCUT2D eigenvalue weighted by Crippen LogP contribution is 2.24. The lowest BCUT2D eigenvalue weighted by atomic mass is 10.2. The average molecular weight is 237 g/mol. The Bertz CT molecular complexity index is 377. The highest BCUT2D eigenvalue weighted by atomic mass is 15.3. The van der Waals surface area contributed by atoms with Gasteiger partial charge in [-0.2, -0.15) is 0 Å². The largest absolute Gasteiger partial charge is 0.357 e. The van der Waals surface area contributed by atoms with Crippen molar-refractivity contribution in [3.63, 3.8) is 0 Å². The lowest BCUT2D eigenvalue weighted by Crippen LogP contribution is -2.30. The van der Waals surface area contributed by atoms with Crippen LogP contribution in [0.25, 0.3) is 0 Å². The number of nitrogens with one attached hydrogen (secondary N) is 1. The number of nitrogens with zero attached hydrogens (tertiary/aromatic N) is 3. The number of nitrogen functional groups attached to an aromatic ring is 1. The normalized spacial score (nSPS) is 12.4. The smallest absolute Gasteiger partial charge is 0.148 e. The van der Waals surface area contributed by atoms with Crippen molar-refractivity contribution in [2.24, 2.45) is 5.84 Å². The fraction of sp³-hybridized carbons (Fsp3) is 0.667. The van der Waals surface area contributed by atoms with Gasteiger partial charge < -0.3 is 10.3 Å². The molecule has 0 amide bonds. The van der Waals surface area contributed by atoms with Gasteiger partial charge in [0.15, 0.2) is 0 Å². The number of hydrazine groups is 1. The molecule has 5 heteroatoms. The zero-order chi connectivity index (χ0) is 13.0. The van der Waals surface area contributed by atoms with E-state index in [-0.39, 0.29) is 0 Å². The first kappa shape index (κ1) is 13.7. The molecule has 0 saturated carbocycles. The van der Waals surface area contributed by atoms with Crippen LogP contribution in [0.4, 0.5) is 11.6 Å². The minimum absolute atomic E-state index is 0.443. The average Bonchev–Trinajstić information content (AvgIpc) is 2.37. The molecule has 1 atom stereocenters. The van der Waals surface area contributed by atoms with Gasteiger partial charge in [0.2, 0.25) is 0 Å². The van der Waals surface area contributed by atoms with Crippen LogP contribution in [-0.2, 0) is 6.42 Å². The first-order valence-corrected chi connectivity index (χ1v) is 6.12. The molecule has 0 aliphatic carbocycles. The van der Waals surface area contributed by atoms with Gasteiger partial charge in [0.25, 0.3) is 0 Å². The molecule has 1 aromatic rings. The number of nitrogens with two attached hydrogens (primary N) is 1. The van der Waals surface area contributed by atoms with Crippen molar-refractivity contribution < 1.29 is 0 Å². The standard InChI is InChI=1S/C12H23N5/c1-6-8(3)17(5)12-9(4)11(16-13)14-10(7-2)15-12/h8H,6-7,13H2,1-5H3,(H,14,15,16). The second-order valence-corrected chi connectivity index (χ2v) is 4.30. The number of hydrogen-bond acceptors (Lipinski definition) is 5. The van der Waals surface area contributed by atoms with Crippen molar-refractivity contribution in [3.05, 3.63) is 11.4 Å². The maximum Gasteiger partial charge on any atom is 0.148 e. The molecule has 0 aliphatic rings. The lowest BCUT2D eigenvalue weighted by molar-refractivity contribution is 0.652. The van der Waals surface area contributed by atoms with Crippen molar-refractivity contribution in [3.8, 4) is 0 Å². The third kappa shape index (κ3) is 2.85. The van der Waals surface area contributed by atoms with Crippen molar-refractivity contribution >= 4 is 11.6 Å². The van der Waals surface area contributed by atoms with Gasteiger partial charge >= 0.3 is 0 Å². The Labute approximate surface area is 103 Å². The number of hydrogen-bond donors (Lipinski definition) is 2. The number of anilines is 2. The number of aromatic nitrogens is 2. The molecule has 3 N–H and O–H groups in total. The van der Waals surface area contributed by atoms with Gasteiger partial charge in [0.1, 0.15) is 17.5 Å². The summed E-state index contributed by atoms with van der Waals surface area (Å²) < 4.78 is 0. The van der Waals surface area contributed by atoms with Gasteiger partial charge in [0.05, 0.1) is 0 Å². The molecule has 96 valence electrons. The van der Waals surface area contributed by atoms with Gasteiger partial charge in [-0.3, -0.25) is 0 Å². The highest BCUT2D eigenvalue weighted by Gasteiger charge is 2.16. The van der Waals surface area contributed by atoms with E-state index in [4.69, 9.17) is 5.84 Å². The number of aryl methyl sites for hydroxylation is 1. The molecular formula is C12H23N5. The fourth-order valence-electron chi connectivity index (χ4n) is 1.67. The quantitative estimate of drug-likeness (QED) is 0.604.